The lowest BCUT2D eigenvalue weighted by atomic mass is 9.86. The maximum atomic E-state index is 6.06. The molecule has 3 nitrogen and oxygen atoms in total. The van der Waals surface area contributed by atoms with Crippen molar-refractivity contribution in [2.24, 2.45) is 11.7 Å². The van der Waals surface area contributed by atoms with Crippen LogP contribution in [-0.2, 0) is 6.54 Å². The van der Waals surface area contributed by atoms with Gasteiger partial charge >= 0.3 is 0 Å². The molecule has 0 amide bonds. The van der Waals surface area contributed by atoms with Crippen molar-refractivity contribution in [2.45, 2.75) is 38.3 Å². The molecule has 2 atom stereocenters. The Morgan fingerprint density at radius 2 is 2.18 bits per heavy atom. The number of pyridine rings is 1. The van der Waals surface area contributed by atoms with Crippen LogP contribution in [0, 0.1) is 5.92 Å². The van der Waals surface area contributed by atoms with E-state index in [1.54, 1.807) is 0 Å². The predicted octanol–water partition coefficient (Wildman–Crippen LogP) is 2.03. The van der Waals surface area contributed by atoms with Gasteiger partial charge in [0.15, 0.2) is 0 Å². The molecule has 1 saturated carbocycles. The molecule has 3 heteroatoms. The monoisotopic (exact) mass is 233 g/mol. The van der Waals surface area contributed by atoms with Crippen molar-refractivity contribution >= 4 is 0 Å². The summed E-state index contributed by atoms with van der Waals surface area (Å²) in [5, 5.41) is 0. The van der Waals surface area contributed by atoms with Crippen molar-refractivity contribution in [3.05, 3.63) is 30.1 Å². The summed E-state index contributed by atoms with van der Waals surface area (Å²) in [6.45, 7) is 4.06. The third kappa shape index (κ3) is 2.35. The molecule has 0 saturated heterocycles. The summed E-state index contributed by atoms with van der Waals surface area (Å²) in [5.41, 5.74) is 7.57. The first-order valence-electron chi connectivity index (χ1n) is 6.49. The Bertz CT molecular complexity index is 352. The Morgan fingerprint density at radius 1 is 1.47 bits per heavy atom. The van der Waals surface area contributed by atoms with Crippen LogP contribution in [0.15, 0.2) is 24.5 Å². The highest BCUT2D eigenvalue weighted by Gasteiger charge is 2.42. The highest BCUT2D eigenvalue weighted by molar-refractivity contribution is 5.11. The van der Waals surface area contributed by atoms with Gasteiger partial charge in [0.2, 0.25) is 0 Å². The summed E-state index contributed by atoms with van der Waals surface area (Å²) in [6, 6.07) is 4.17. The molecular weight excluding hydrogens is 210 g/mol. The molecule has 1 aromatic rings. The molecule has 2 unspecified atom stereocenters. The van der Waals surface area contributed by atoms with Crippen LogP contribution in [0.5, 0.6) is 0 Å². The third-order valence-corrected chi connectivity index (χ3v) is 4.45. The van der Waals surface area contributed by atoms with E-state index < -0.39 is 0 Å². The van der Waals surface area contributed by atoms with Crippen LogP contribution >= 0.6 is 0 Å². The largest absolute Gasteiger partial charge is 0.329 e. The first-order valence-corrected chi connectivity index (χ1v) is 6.49. The highest BCUT2D eigenvalue weighted by Crippen LogP contribution is 2.39. The minimum atomic E-state index is 0.198. The van der Waals surface area contributed by atoms with Crippen molar-refractivity contribution in [3.8, 4) is 0 Å². The number of hydrogen-bond acceptors (Lipinski definition) is 3. The molecule has 0 bridgehead atoms. The fourth-order valence-electron chi connectivity index (χ4n) is 3.18. The molecular formula is C14H23N3. The van der Waals surface area contributed by atoms with Gasteiger partial charge in [0.1, 0.15) is 0 Å². The molecule has 1 fully saturated rings. The van der Waals surface area contributed by atoms with E-state index in [0.717, 1.165) is 13.1 Å². The summed E-state index contributed by atoms with van der Waals surface area (Å²) in [7, 11) is 2.20. The van der Waals surface area contributed by atoms with Crippen molar-refractivity contribution in [3.63, 3.8) is 0 Å². The lowest BCUT2D eigenvalue weighted by molar-refractivity contribution is 0.0841. The van der Waals surface area contributed by atoms with E-state index in [1.165, 1.54) is 24.8 Å². The Hall–Kier alpha value is -0.930. The number of likely N-dealkylation sites (N-methyl/N-ethyl adjacent to an activating group) is 1. The Morgan fingerprint density at radius 3 is 2.71 bits per heavy atom. The molecule has 1 aromatic heterocycles. The minimum Gasteiger partial charge on any atom is -0.329 e. The average Bonchev–Trinajstić information content (AvgIpc) is 2.73. The first kappa shape index (κ1) is 12.5. The maximum absolute atomic E-state index is 6.06. The molecule has 0 radical (unpaired) electrons. The predicted molar refractivity (Wildman–Crippen MR) is 70.5 cm³/mol. The van der Waals surface area contributed by atoms with Gasteiger partial charge in [-0.15, -0.1) is 0 Å². The van der Waals surface area contributed by atoms with Gasteiger partial charge in [-0.1, -0.05) is 13.3 Å². The minimum absolute atomic E-state index is 0.198. The van der Waals surface area contributed by atoms with Crippen LogP contribution in [-0.4, -0.2) is 29.0 Å². The normalized spacial score (nSPS) is 28.8. The lowest BCUT2D eigenvalue weighted by Gasteiger charge is -2.41. The molecule has 0 aromatic carbocycles. The Labute approximate surface area is 104 Å². The molecule has 1 heterocycles. The van der Waals surface area contributed by atoms with Gasteiger partial charge in [-0.3, -0.25) is 9.88 Å². The van der Waals surface area contributed by atoms with Gasteiger partial charge in [0.25, 0.3) is 0 Å². The zero-order valence-corrected chi connectivity index (χ0v) is 10.9. The van der Waals surface area contributed by atoms with Crippen LogP contribution in [0.4, 0.5) is 0 Å². The zero-order valence-electron chi connectivity index (χ0n) is 10.9. The molecule has 0 spiro atoms. The number of aromatic nitrogens is 1. The van der Waals surface area contributed by atoms with Crippen molar-refractivity contribution in [1.82, 2.24) is 9.88 Å². The molecule has 17 heavy (non-hydrogen) atoms. The Balaban J connectivity index is 2.10. The van der Waals surface area contributed by atoms with Gasteiger partial charge < -0.3 is 5.73 Å². The number of hydrogen-bond donors (Lipinski definition) is 1. The summed E-state index contributed by atoms with van der Waals surface area (Å²) >= 11 is 0. The van der Waals surface area contributed by atoms with Crippen molar-refractivity contribution in [2.75, 3.05) is 13.6 Å². The summed E-state index contributed by atoms with van der Waals surface area (Å²) in [4.78, 5) is 6.50. The third-order valence-electron chi connectivity index (χ3n) is 4.45. The quantitative estimate of drug-likeness (QED) is 0.865. The fourth-order valence-corrected chi connectivity index (χ4v) is 3.18. The van der Waals surface area contributed by atoms with E-state index in [2.05, 4.69) is 36.0 Å². The molecule has 0 aliphatic heterocycles. The van der Waals surface area contributed by atoms with E-state index in [9.17, 15) is 0 Å². The van der Waals surface area contributed by atoms with Crippen molar-refractivity contribution < 1.29 is 0 Å². The summed E-state index contributed by atoms with van der Waals surface area (Å²) < 4.78 is 0. The molecule has 1 aliphatic rings. The second kappa shape index (κ2) is 5.15. The van der Waals surface area contributed by atoms with Crippen LogP contribution in [0.2, 0.25) is 0 Å². The second-order valence-corrected chi connectivity index (χ2v) is 5.31. The molecule has 94 valence electrons. The van der Waals surface area contributed by atoms with Crippen LogP contribution in [0.1, 0.15) is 31.7 Å². The van der Waals surface area contributed by atoms with E-state index >= 15 is 0 Å². The first-order chi connectivity index (χ1) is 8.19. The average molecular weight is 233 g/mol. The van der Waals surface area contributed by atoms with Crippen molar-refractivity contribution in [1.29, 1.82) is 0 Å². The standard InChI is InChI=1S/C14H23N3/c1-12-4-3-7-14(12,11-15)17(2)10-13-5-8-16-9-6-13/h5-6,8-9,12H,3-4,7,10-11,15H2,1-2H3. The smallest absolute Gasteiger partial charge is 0.0357 e. The zero-order chi connectivity index (χ0) is 12.3. The van der Waals surface area contributed by atoms with Gasteiger partial charge in [-0.2, -0.15) is 0 Å². The Kier molecular flexibility index (Phi) is 3.79. The van der Waals surface area contributed by atoms with E-state index in [1.807, 2.05) is 12.4 Å². The van der Waals surface area contributed by atoms with Gasteiger partial charge in [0.05, 0.1) is 0 Å². The number of rotatable bonds is 4. The topological polar surface area (TPSA) is 42.1 Å². The number of nitrogens with two attached hydrogens (primary N) is 1. The molecule has 1 aliphatic carbocycles. The number of nitrogens with zero attached hydrogens (tertiary/aromatic N) is 2. The van der Waals surface area contributed by atoms with E-state index in [-0.39, 0.29) is 5.54 Å². The fraction of sp³-hybridized carbons (Fsp3) is 0.643. The van der Waals surface area contributed by atoms with Gasteiger partial charge in [0, 0.05) is 31.0 Å². The highest BCUT2D eigenvalue weighted by atomic mass is 15.2. The molecule has 2 N–H and O–H groups in total. The lowest BCUT2D eigenvalue weighted by Crippen LogP contribution is -2.53. The SMILES string of the molecule is CC1CCCC1(CN)N(C)Cc1ccncc1. The van der Waals surface area contributed by atoms with Crippen LogP contribution < -0.4 is 5.73 Å². The maximum Gasteiger partial charge on any atom is 0.0357 e. The van der Waals surface area contributed by atoms with Gasteiger partial charge in [-0.05, 0) is 43.5 Å². The van der Waals surface area contributed by atoms with Crippen LogP contribution in [0.25, 0.3) is 0 Å². The summed E-state index contributed by atoms with van der Waals surface area (Å²) in [5.74, 6) is 0.694. The second-order valence-electron chi connectivity index (χ2n) is 5.31. The van der Waals surface area contributed by atoms with Gasteiger partial charge in [-0.25, -0.2) is 0 Å². The molecule has 2 rings (SSSR count). The van der Waals surface area contributed by atoms with E-state index in [0.29, 0.717) is 5.92 Å². The van der Waals surface area contributed by atoms with Crippen LogP contribution in [0.3, 0.4) is 0 Å². The van der Waals surface area contributed by atoms with E-state index in [4.69, 9.17) is 5.73 Å². The summed E-state index contributed by atoms with van der Waals surface area (Å²) in [6.07, 6.45) is 7.55.